The summed E-state index contributed by atoms with van der Waals surface area (Å²) in [6.45, 7) is 1.44. The summed E-state index contributed by atoms with van der Waals surface area (Å²) in [6.07, 6.45) is 1.44. The molecule has 0 saturated carbocycles. The van der Waals surface area contributed by atoms with Crippen LogP contribution < -0.4 is 4.74 Å². The second kappa shape index (κ2) is 7.05. The number of halogens is 1. The molecule has 0 bridgehead atoms. The van der Waals surface area contributed by atoms with E-state index in [1.54, 1.807) is 6.92 Å². The van der Waals surface area contributed by atoms with Crippen molar-refractivity contribution in [3.8, 4) is 11.5 Å². The third-order valence-electron chi connectivity index (χ3n) is 2.83. The Hall–Kier alpha value is -2.00. The fourth-order valence-corrected chi connectivity index (χ4v) is 3.13. The molecule has 2 N–H and O–H groups in total. The van der Waals surface area contributed by atoms with E-state index in [0.29, 0.717) is 33.3 Å². The van der Waals surface area contributed by atoms with Crippen molar-refractivity contribution in [2.24, 2.45) is 0 Å². The predicted octanol–water partition coefficient (Wildman–Crippen LogP) is 2.67. The Balaban J connectivity index is 2.35. The van der Waals surface area contributed by atoms with Crippen LogP contribution in [0.5, 0.6) is 11.5 Å². The highest BCUT2D eigenvalue weighted by Gasteiger charge is 2.36. The topological polar surface area (TPSA) is 104 Å². The molecule has 1 aromatic carbocycles. The maximum atomic E-state index is 12.1. The van der Waals surface area contributed by atoms with Crippen LogP contribution in [-0.4, -0.2) is 45.4 Å². The fraction of sp³-hybridized carbons (Fsp3) is 0.214. The van der Waals surface area contributed by atoms with Crippen LogP contribution in [0.15, 0.2) is 21.5 Å². The van der Waals surface area contributed by atoms with Gasteiger partial charge in [-0.25, -0.2) is 0 Å². The number of carboxylic acid groups (broad SMARTS) is 1. The Kier molecular flexibility index (Phi) is 5.32. The molecule has 2 amide bonds. The number of phenolic OH excluding ortho intramolecular Hbond substituents is 1. The molecule has 9 heteroatoms. The quantitative estimate of drug-likeness (QED) is 0.730. The molecule has 23 heavy (non-hydrogen) atoms. The molecule has 0 radical (unpaired) electrons. The molecule has 7 nitrogen and oxygen atoms in total. The zero-order valence-electron chi connectivity index (χ0n) is 11.9. The van der Waals surface area contributed by atoms with Gasteiger partial charge in [-0.15, -0.1) is 0 Å². The molecule has 1 aliphatic heterocycles. The van der Waals surface area contributed by atoms with Gasteiger partial charge >= 0.3 is 5.97 Å². The molecule has 1 fully saturated rings. The molecule has 1 aromatic rings. The van der Waals surface area contributed by atoms with Gasteiger partial charge in [-0.1, -0.05) is 15.9 Å². The average Bonchev–Trinajstić information content (AvgIpc) is 2.71. The van der Waals surface area contributed by atoms with Crippen LogP contribution in [0.1, 0.15) is 12.5 Å². The summed E-state index contributed by atoms with van der Waals surface area (Å²) in [5.41, 5.74) is 0.520. The normalized spacial score (nSPS) is 16.3. The number of aliphatic carboxylic acids is 1. The molecular weight excluding hydrogens is 390 g/mol. The third-order valence-corrected chi connectivity index (χ3v) is 4.43. The fourth-order valence-electron chi connectivity index (χ4n) is 1.85. The van der Waals surface area contributed by atoms with E-state index in [1.807, 2.05) is 0 Å². The number of nitrogens with zero attached hydrogens (tertiary/aromatic N) is 1. The molecule has 1 aliphatic rings. The molecule has 122 valence electrons. The molecule has 0 unspecified atom stereocenters. The lowest BCUT2D eigenvalue weighted by atomic mass is 10.2. The number of carbonyl (C=O) groups is 3. The van der Waals surface area contributed by atoms with Crippen LogP contribution in [0.3, 0.4) is 0 Å². The number of carboxylic acids is 1. The van der Waals surface area contributed by atoms with Crippen molar-refractivity contribution in [1.29, 1.82) is 0 Å². The van der Waals surface area contributed by atoms with Crippen molar-refractivity contribution in [2.75, 3.05) is 13.2 Å². The molecule has 0 atom stereocenters. The van der Waals surface area contributed by atoms with E-state index in [4.69, 9.17) is 9.84 Å². The zero-order valence-corrected chi connectivity index (χ0v) is 14.3. The van der Waals surface area contributed by atoms with E-state index in [1.165, 1.54) is 18.2 Å². The molecule has 1 heterocycles. The van der Waals surface area contributed by atoms with Gasteiger partial charge in [0.25, 0.3) is 11.1 Å². The Bertz CT molecular complexity index is 717. The van der Waals surface area contributed by atoms with E-state index in [-0.39, 0.29) is 16.4 Å². The summed E-state index contributed by atoms with van der Waals surface area (Å²) in [5, 5.41) is 17.9. The van der Waals surface area contributed by atoms with Crippen LogP contribution in [0.4, 0.5) is 4.79 Å². The first-order valence-electron chi connectivity index (χ1n) is 6.46. The van der Waals surface area contributed by atoms with Crippen LogP contribution >= 0.6 is 27.7 Å². The number of benzene rings is 1. The summed E-state index contributed by atoms with van der Waals surface area (Å²) in [7, 11) is 0. The summed E-state index contributed by atoms with van der Waals surface area (Å²) in [4.78, 5) is 35.3. The Labute approximate surface area is 144 Å². The highest BCUT2D eigenvalue weighted by atomic mass is 79.9. The number of carbonyl (C=O) groups excluding carboxylic acids is 2. The first kappa shape index (κ1) is 17.4. The number of ether oxygens (including phenoxy) is 1. The summed E-state index contributed by atoms with van der Waals surface area (Å²) >= 11 is 3.92. The molecular formula is C14H12BrNO6S. The number of phenols is 1. The lowest BCUT2D eigenvalue weighted by Crippen LogP contribution is -2.33. The van der Waals surface area contributed by atoms with Crippen LogP contribution in [0.25, 0.3) is 6.08 Å². The van der Waals surface area contributed by atoms with Crippen LogP contribution in [-0.2, 0) is 9.59 Å². The van der Waals surface area contributed by atoms with Gasteiger partial charge in [-0.3, -0.25) is 19.3 Å². The van der Waals surface area contributed by atoms with Gasteiger partial charge in [-0.2, -0.15) is 0 Å². The Morgan fingerprint density at radius 2 is 2.13 bits per heavy atom. The van der Waals surface area contributed by atoms with Crippen molar-refractivity contribution in [2.45, 2.75) is 6.92 Å². The number of thioether (sulfide) groups is 1. The van der Waals surface area contributed by atoms with Gasteiger partial charge in [0.2, 0.25) is 0 Å². The standard InChI is InChI=1S/C14H12BrNO6S/c1-2-22-10-3-7(8(15)5-9(10)17)4-11-13(20)16(6-12(18)19)14(21)23-11/h3-5,17H,2,6H2,1H3,(H,18,19)/b11-4+. The molecule has 0 spiro atoms. The lowest BCUT2D eigenvalue weighted by molar-refractivity contribution is -0.140. The number of hydrogen-bond donors (Lipinski definition) is 2. The highest BCUT2D eigenvalue weighted by molar-refractivity contribution is 9.10. The van der Waals surface area contributed by atoms with Crippen molar-refractivity contribution in [3.63, 3.8) is 0 Å². The number of rotatable bonds is 5. The van der Waals surface area contributed by atoms with Crippen LogP contribution in [0.2, 0.25) is 0 Å². The average molecular weight is 402 g/mol. The van der Waals surface area contributed by atoms with Crippen molar-refractivity contribution in [1.82, 2.24) is 4.90 Å². The Morgan fingerprint density at radius 1 is 1.43 bits per heavy atom. The number of aromatic hydroxyl groups is 1. The van der Waals surface area contributed by atoms with Crippen LogP contribution in [0, 0.1) is 0 Å². The maximum Gasteiger partial charge on any atom is 0.323 e. The van der Waals surface area contributed by atoms with E-state index in [2.05, 4.69) is 15.9 Å². The zero-order chi connectivity index (χ0) is 17.1. The van der Waals surface area contributed by atoms with E-state index >= 15 is 0 Å². The minimum absolute atomic E-state index is 0.0603. The van der Waals surface area contributed by atoms with E-state index in [9.17, 15) is 19.5 Å². The smallest absolute Gasteiger partial charge is 0.323 e. The second-order valence-electron chi connectivity index (χ2n) is 4.44. The van der Waals surface area contributed by atoms with Gasteiger partial charge in [0.15, 0.2) is 11.5 Å². The van der Waals surface area contributed by atoms with Gasteiger partial charge in [0, 0.05) is 4.47 Å². The molecule has 0 aliphatic carbocycles. The largest absolute Gasteiger partial charge is 0.504 e. The van der Waals surface area contributed by atoms with Gasteiger partial charge in [-0.05, 0) is 42.5 Å². The van der Waals surface area contributed by atoms with Crippen molar-refractivity contribution < 1.29 is 29.3 Å². The highest BCUT2D eigenvalue weighted by Crippen LogP contribution is 2.37. The monoisotopic (exact) mass is 401 g/mol. The lowest BCUT2D eigenvalue weighted by Gasteiger charge is -2.09. The summed E-state index contributed by atoms with van der Waals surface area (Å²) in [6, 6.07) is 2.94. The van der Waals surface area contributed by atoms with Gasteiger partial charge in [0.05, 0.1) is 11.5 Å². The van der Waals surface area contributed by atoms with Gasteiger partial charge < -0.3 is 14.9 Å². The van der Waals surface area contributed by atoms with Gasteiger partial charge in [0.1, 0.15) is 6.54 Å². The Morgan fingerprint density at radius 3 is 2.74 bits per heavy atom. The van der Waals surface area contributed by atoms with E-state index < -0.39 is 23.7 Å². The summed E-state index contributed by atoms with van der Waals surface area (Å²) < 4.78 is 5.77. The SMILES string of the molecule is CCOc1cc(/C=C2/SC(=O)N(CC(=O)O)C2=O)c(Br)cc1O. The minimum Gasteiger partial charge on any atom is -0.504 e. The van der Waals surface area contributed by atoms with Crippen molar-refractivity contribution in [3.05, 3.63) is 27.1 Å². The minimum atomic E-state index is -1.27. The molecule has 2 rings (SSSR count). The summed E-state index contributed by atoms with van der Waals surface area (Å²) in [5.74, 6) is -1.75. The number of hydrogen-bond acceptors (Lipinski definition) is 6. The number of amides is 2. The third kappa shape index (κ3) is 3.85. The first-order chi connectivity index (χ1) is 10.8. The van der Waals surface area contributed by atoms with Crippen molar-refractivity contribution >= 4 is 50.9 Å². The van der Waals surface area contributed by atoms with E-state index in [0.717, 1.165) is 0 Å². The molecule has 0 aromatic heterocycles. The number of imide groups is 1. The second-order valence-corrected chi connectivity index (χ2v) is 6.28. The predicted molar refractivity (Wildman–Crippen MR) is 87.3 cm³/mol. The first-order valence-corrected chi connectivity index (χ1v) is 8.07. The maximum absolute atomic E-state index is 12.1. The molecule has 1 saturated heterocycles.